The minimum Gasteiger partial charge on any atom is -0.445 e. The molecule has 0 spiro atoms. The molecule has 2 atom stereocenters. The van der Waals surface area contributed by atoms with Crippen molar-refractivity contribution in [2.75, 3.05) is 6.54 Å². The van der Waals surface area contributed by atoms with Crippen molar-refractivity contribution in [2.24, 2.45) is 5.73 Å². The second-order valence-corrected chi connectivity index (χ2v) is 6.25. The number of primary amides is 1. The molecule has 0 heterocycles. The molecule has 0 unspecified atom stereocenters. The highest BCUT2D eigenvalue weighted by atomic mass is 16.5. The van der Waals surface area contributed by atoms with E-state index in [1.807, 2.05) is 18.2 Å². The van der Waals surface area contributed by atoms with Gasteiger partial charge in [-0.25, -0.2) is 4.79 Å². The van der Waals surface area contributed by atoms with E-state index in [4.69, 9.17) is 10.5 Å². The van der Waals surface area contributed by atoms with Crippen LogP contribution < -0.4 is 16.4 Å². The minimum absolute atomic E-state index is 0.0428. The molecular formula is C19H27N3O6. The number of aliphatic hydroxyl groups is 1. The van der Waals surface area contributed by atoms with Crippen LogP contribution >= 0.6 is 0 Å². The molecule has 1 rings (SSSR count). The molecule has 3 amide bonds. The van der Waals surface area contributed by atoms with Gasteiger partial charge in [-0.15, -0.1) is 0 Å². The number of nitrogens with two attached hydrogens (primary N) is 1. The fourth-order valence-electron chi connectivity index (χ4n) is 2.28. The molecule has 154 valence electrons. The van der Waals surface area contributed by atoms with E-state index in [0.717, 1.165) is 5.56 Å². The summed E-state index contributed by atoms with van der Waals surface area (Å²) in [5.74, 6) is -1.41. The highest BCUT2D eigenvalue weighted by molar-refractivity contribution is 5.87. The standard InChI is InChI=1S/C19H27N3O6/c1-2-14(23)8-9-16(18(20)26)22-17(25)10-15(24)11-21-19(27)28-12-13-6-4-3-5-7-13/h3-7,15-16,24H,2,8-12H2,1H3,(H2,20,26)(H,21,27)(H,22,25)/t15-,16+/m0/s1. The summed E-state index contributed by atoms with van der Waals surface area (Å²) >= 11 is 0. The number of carbonyl (C=O) groups excluding carboxylic acids is 4. The number of ketones is 1. The maximum Gasteiger partial charge on any atom is 0.407 e. The molecule has 0 aromatic heterocycles. The predicted octanol–water partition coefficient (Wildman–Crippen LogP) is 0.393. The summed E-state index contributed by atoms with van der Waals surface area (Å²) in [6.45, 7) is 1.59. The number of rotatable bonds is 12. The van der Waals surface area contributed by atoms with E-state index in [-0.39, 0.29) is 38.2 Å². The lowest BCUT2D eigenvalue weighted by molar-refractivity contribution is -0.129. The van der Waals surface area contributed by atoms with Gasteiger partial charge in [0.25, 0.3) is 0 Å². The monoisotopic (exact) mass is 393 g/mol. The van der Waals surface area contributed by atoms with Crippen molar-refractivity contribution < 1.29 is 29.0 Å². The summed E-state index contributed by atoms with van der Waals surface area (Å²) < 4.78 is 4.99. The number of carbonyl (C=O) groups is 4. The van der Waals surface area contributed by atoms with Gasteiger partial charge >= 0.3 is 6.09 Å². The third-order valence-corrected chi connectivity index (χ3v) is 3.90. The van der Waals surface area contributed by atoms with Gasteiger partial charge in [0.1, 0.15) is 18.4 Å². The van der Waals surface area contributed by atoms with E-state index in [1.54, 1.807) is 19.1 Å². The number of hydrogen-bond donors (Lipinski definition) is 4. The number of amides is 3. The molecule has 0 fully saturated rings. The molecule has 1 aromatic carbocycles. The fourth-order valence-corrected chi connectivity index (χ4v) is 2.28. The quantitative estimate of drug-likeness (QED) is 0.404. The Kier molecular flexibility index (Phi) is 10.3. The zero-order valence-electron chi connectivity index (χ0n) is 15.8. The minimum atomic E-state index is -1.17. The number of hydrogen-bond acceptors (Lipinski definition) is 6. The van der Waals surface area contributed by atoms with Crippen LogP contribution in [-0.2, 0) is 25.7 Å². The van der Waals surface area contributed by atoms with Crippen LogP contribution in [0.4, 0.5) is 4.79 Å². The Labute approximate surface area is 163 Å². The van der Waals surface area contributed by atoms with Crippen LogP contribution in [0.15, 0.2) is 30.3 Å². The van der Waals surface area contributed by atoms with Crippen molar-refractivity contribution in [1.29, 1.82) is 0 Å². The molecule has 0 aliphatic rings. The zero-order chi connectivity index (χ0) is 20.9. The Morgan fingerprint density at radius 2 is 1.86 bits per heavy atom. The lowest BCUT2D eigenvalue weighted by atomic mass is 10.1. The van der Waals surface area contributed by atoms with Crippen LogP contribution in [0.3, 0.4) is 0 Å². The van der Waals surface area contributed by atoms with Gasteiger partial charge in [0.15, 0.2) is 0 Å². The van der Waals surface area contributed by atoms with Crippen LogP contribution in [-0.4, -0.2) is 47.5 Å². The first-order chi connectivity index (χ1) is 13.3. The third-order valence-electron chi connectivity index (χ3n) is 3.90. The molecule has 0 aliphatic carbocycles. The van der Waals surface area contributed by atoms with E-state index in [2.05, 4.69) is 10.6 Å². The topological polar surface area (TPSA) is 148 Å². The number of alkyl carbamates (subject to hydrolysis) is 1. The van der Waals surface area contributed by atoms with Gasteiger partial charge in [-0.3, -0.25) is 14.4 Å². The van der Waals surface area contributed by atoms with Gasteiger partial charge in [0.05, 0.1) is 12.5 Å². The van der Waals surface area contributed by atoms with Crippen LogP contribution in [0.25, 0.3) is 0 Å². The Hall–Kier alpha value is -2.94. The lowest BCUT2D eigenvalue weighted by Gasteiger charge is -2.17. The molecule has 28 heavy (non-hydrogen) atoms. The average molecular weight is 393 g/mol. The van der Waals surface area contributed by atoms with E-state index >= 15 is 0 Å². The summed E-state index contributed by atoms with van der Waals surface area (Å²) in [5.41, 5.74) is 6.04. The zero-order valence-corrected chi connectivity index (χ0v) is 15.8. The molecule has 1 aromatic rings. The van der Waals surface area contributed by atoms with Crippen LogP contribution in [0.2, 0.25) is 0 Å². The van der Waals surface area contributed by atoms with Gasteiger partial charge in [-0.2, -0.15) is 0 Å². The smallest absolute Gasteiger partial charge is 0.407 e. The Morgan fingerprint density at radius 1 is 1.18 bits per heavy atom. The SMILES string of the molecule is CCC(=O)CC[C@@H](NC(=O)C[C@H](O)CNC(=O)OCc1ccccc1)C(N)=O. The number of benzene rings is 1. The van der Waals surface area contributed by atoms with E-state index in [9.17, 15) is 24.3 Å². The highest BCUT2D eigenvalue weighted by Crippen LogP contribution is 2.03. The Bertz CT molecular complexity index is 665. The maximum absolute atomic E-state index is 11.9. The Balaban J connectivity index is 2.31. The molecule has 0 saturated carbocycles. The van der Waals surface area contributed by atoms with Crippen molar-refractivity contribution >= 4 is 23.7 Å². The average Bonchev–Trinajstić information content (AvgIpc) is 2.68. The van der Waals surface area contributed by atoms with E-state index in [0.29, 0.717) is 6.42 Å². The highest BCUT2D eigenvalue weighted by Gasteiger charge is 2.21. The first kappa shape index (κ1) is 23.1. The third kappa shape index (κ3) is 9.67. The fraction of sp³-hybridized carbons (Fsp3) is 0.474. The summed E-state index contributed by atoms with van der Waals surface area (Å²) in [7, 11) is 0. The van der Waals surface area contributed by atoms with E-state index in [1.165, 1.54) is 0 Å². The molecule has 0 saturated heterocycles. The summed E-state index contributed by atoms with van der Waals surface area (Å²) in [4.78, 5) is 46.3. The second-order valence-electron chi connectivity index (χ2n) is 6.25. The summed E-state index contributed by atoms with van der Waals surface area (Å²) in [5, 5.41) is 14.6. The van der Waals surface area contributed by atoms with Gasteiger partial charge in [-0.1, -0.05) is 37.3 Å². The number of ether oxygens (including phenoxy) is 1. The van der Waals surface area contributed by atoms with Crippen LogP contribution in [0, 0.1) is 0 Å². The molecule has 0 aliphatic heterocycles. The van der Waals surface area contributed by atoms with Crippen LogP contribution in [0.5, 0.6) is 0 Å². The molecule has 0 radical (unpaired) electrons. The first-order valence-electron chi connectivity index (χ1n) is 9.04. The molecule has 9 heteroatoms. The number of nitrogens with one attached hydrogen (secondary N) is 2. The van der Waals surface area contributed by atoms with Crippen molar-refractivity contribution in [3.05, 3.63) is 35.9 Å². The normalized spacial score (nSPS) is 12.5. The summed E-state index contributed by atoms with van der Waals surface area (Å²) in [6, 6.07) is 8.09. The Morgan fingerprint density at radius 3 is 2.46 bits per heavy atom. The van der Waals surface area contributed by atoms with Gasteiger partial charge < -0.3 is 26.2 Å². The number of aliphatic hydroxyl groups excluding tert-OH is 1. The first-order valence-corrected chi connectivity index (χ1v) is 9.04. The largest absolute Gasteiger partial charge is 0.445 e. The summed E-state index contributed by atoms with van der Waals surface area (Å²) in [6.07, 6.45) is -1.67. The second kappa shape index (κ2) is 12.4. The molecule has 5 N–H and O–H groups in total. The maximum atomic E-state index is 11.9. The van der Waals surface area contributed by atoms with E-state index < -0.39 is 30.1 Å². The van der Waals surface area contributed by atoms with Gasteiger partial charge in [0, 0.05) is 19.4 Å². The lowest BCUT2D eigenvalue weighted by Crippen LogP contribution is -2.46. The molecule has 0 bridgehead atoms. The van der Waals surface area contributed by atoms with Crippen molar-refractivity contribution in [3.63, 3.8) is 0 Å². The van der Waals surface area contributed by atoms with Gasteiger partial charge in [0.2, 0.25) is 11.8 Å². The molecular weight excluding hydrogens is 366 g/mol. The molecule has 9 nitrogen and oxygen atoms in total. The van der Waals surface area contributed by atoms with Crippen molar-refractivity contribution in [3.8, 4) is 0 Å². The van der Waals surface area contributed by atoms with Crippen molar-refractivity contribution in [2.45, 2.75) is 51.4 Å². The number of Topliss-reactive ketones (excluding diaryl/α,β-unsaturated/α-hetero) is 1. The van der Waals surface area contributed by atoms with Gasteiger partial charge in [-0.05, 0) is 12.0 Å². The predicted molar refractivity (Wildman–Crippen MR) is 101 cm³/mol. The van der Waals surface area contributed by atoms with Crippen LogP contribution in [0.1, 0.15) is 38.2 Å². The van der Waals surface area contributed by atoms with Crippen molar-refractivity contribution in [1.82, 2.24) is 10.6 Å².